The number of aryl methyl sites for hydroxylation is 1. The third-order valence-corrected chi connectivity index (χ3v) is 4.69. The van der Waals surface area contributed by atoms with Gasteiger partial charge in [-0.15, -0.1) is 0 Å². The summed E-state index contributed by atoms with van der Waals surface area (Å²) in [7, 11) is -0.596. The summed E-state index contributed by atoms with van der Waals surface area (Å²) < 4.78 is 31.0. The molecule has 1 aromatic heterocycles. The van der Waals surface area contributed by atoms with Crippen LogP contribution in [0.4, 0.5) is 5.69 Å². The number of nitrogens with two attached hydrogens (primary N) is 1. The van der Waals surface area contributed by atoms with Crippen LogP contribution in [0.5, 0.6) is 11.5 Å². The van der Waals surface area contributed by atoms with E-state index < -0.39 is 10.0 Å². The molecule has 112 valence electrons. The lowest BCUT2D eigenvalue weighted by molar-refractivity contribution is 0.479. The van der Waals surface area contributed by atoms with Crippen molar-refractivity contribution in [3.63, 3.8) is 0 Å². The van der Waals surface area contributed by atoms with E-state index in [0.29, 0.717) is 11.4 Å². The second kappa shape index (κ2) is 5.71. The molecule has 0 radical (unpaired) electrons. The number of hydrogen-bond donors (Lipinski definition) is 1. The van der Waals surface area contributed by atoms with E-state index in [0.717, 1.165) is 10.00 Å². The van der Waals surface area contributed by atoms with Crippen LogP contribution in [0.15, 0.2) is 41.4 Å². The molecular formula is C14H17N3O3S. The molecule has 2 aromatic rings. The third-order valence-electron chi connectivity index (χ3n) is 2.88. The molecular weight excluding hydrogens is 290 g/mol. The number of pyridine rings is 1. The standard InChI is InChI=1S/C14H17N3O3S/c1-10-4-5-11(9-16-10)20-14-8-12(6-7-13(14)15)21(18,19)17(2)3/h4-9H,15H2,1-3H3. The number of anilines is 1. The zero-order chi connectivity index (χ0) is 15.6. The minimum absolute atomic E-state index is 0.122. The van der Waals surface area contributed by atoms with Crippen LogP contribution in [0, 0.1) is 6.92 Å². The summed E-state index contributed by atoms with van der Waals surface area (Å²) in [5, 5.41) is 0. The Morgan fingerprint density at radius 1 is 1.19 bits per heavy atom. The van der Waals surface area contributed by atoms with Crippen molar-refractivity contribution in [1.29, 1.82) is 0 Å². The average molecular weight is 307 g/mol. The number of rotatable bonds is 4. The highest BCUT2D eigenvalue weighted by Crippen LogP contribution is 2.30. The van der Waals surface area contributed by atoms with Crippen LogP contribution in [-0.2, 0) is 10.0 Å². The van der Waals surface area contributed by atoms with Crippen LogP contribution in [0.25, 0.3) is 0 Å². The van der Waals surface area contributed by atoms with Crippen molar-refractivity contribution in [2.24, 2.45) is 0 Å². The Kier molecular flexibility index (Phi) is 4.15. The van der Waals surface area contributed by atoms with Crippen LogP contribution in [0.2, 0.25) is 0 Å². The van der Waals surface area contributed by atoms with Gasteiger partial charge >= 0.3 is 0 Å². The highest BCUT2D eigenvalue weighted by atomic mass is 32.2. The minimum Gasteiger partial charge on any atom is -0.454 e. The van der Waals surface area contributed by atoms with Crippen molar-refractivity contribution >= 4 is 15.7 Å². The first-order valence-electron chi connectivity index (χ1n) is 6.23. The summed E-state index contributed by atoms with van der Waals surface area (Å²) in [5.74, 6) is 0.773. The van der Waals surface area contributed by atoms with E-state index in [9.17, 15) is 8.42 Å². The molecule has 0 spiro atoms. The molecule has 0 saturated carbocycles. The molecule has 0 atom stereocenters. The van der Waals surface area contributed by atoms with Crippen LogP contribution in [0.3, 0.4) is 0 Å². The monoisotopic (exact) mass is 307 g/mol. The number of sulfonamides is 1. The number of hydrogen-bond acceptors (Lipinski definition) is 5. The van der Waals surface area contributed by atoms with Crippen molar-refractivity contribution in [2.75, 3.05) is 19.8 Å². The van der Waals surface area contributed by atoms with E-state index in [1.807, 2.05) is 6.92 Å². The molecule has 0 amide bonds. The molecule has 6 nitrogen and oxygen atoms in total. The molecule has 1 heterocycles. The molecule has 1 aromatic carbocycles. The smallest absolute Gasteiger partial charge is 0.242 e. The summed E-state index contributed by atoms with van der Waals surface area (Å²) in [5.41, 5.74) is 7.05. The largest absolute Gasteiger partial charge is 0.454 e. The SMILES string of the molecule is Cc1ccc(Oc2cc(S(=O)(=O)N(C)C)ccc2N)cn1. The van der Waals surface area contributed by atoms with E-state index in [1.54, 1.807) is 18.3 Å². The van der Waals surface area contributed by atoms with Gasteiger partial charge in [-0.3, -0.25) is 4.98 Å². The van der Waals surface area contributed by atoms with Crippen molar-refractivity contribution in [3.05, 3.63) is 42.2 Å². The number of benzene rings is 1. The first kappa shape index (κ1) is 15.3. The molecule has 0 unspecified atom stereocenters. The maximum absolute atomic E-state index is 12.1. The summed E-state index contributed by atoms with van der Waals surface area (Å²) in [6.45, 7) is 1.86. The summed E-state index contributed by atoms with van der Waals surface area (Å²) >= 11 is 0. The summed E-state index contributed by atoms with van der Waals surface area (Å²) in [6.07, 6.45) is 1.56. The summed E-state index contributed by atoms with van der Waals surface area (Å²) in [4.78, 5) is 4.23. The molecule has 7 heteroatoms. The third kappa shape index (κ3) is 3.32. The quantitative estimate of drug-likeness (QED) is 0.873. The minimum atomic E-state index is -3.53. The lowest BCUT2D eigenvalue weighted by Gasteiger charge is -2.14. The molecule has 0 bridgehead atoms. The van der Waals surface area contributed by atoms with E-state index in [4.69, 9.17) is 10.5 Å². The van der Waals surface area contributed by atoms with Gasteiger partial charge in [0.25, 0.3) is 0 Å². The fraction of sp³-hybridized carbons (Fsp3) is 0.214. The molecule has 0 aliphatic heterocycles. The van der Waals surface area contributed by atoms with Gasteiger partial charge in [0, 0.05) is 25.9 Å². The van der Waals surface area contributed by atoms with Gasteiger partial charge < -0.3 is 10.5 Å². The highest BCUT2D eigenvalue weighted by molar-refractivity contribution is 7.89. The van der Waals surface area contributed by atoms with Crippen LogP contribution in [-0.4, -0.2) is 31.8 Å². The van der Waals surface area contributed by atoms with Crippen molar-refractivity contribution in [3.8, 4) is 11.5 Å². The van der Waals surface area contributed by atoms with Crippen LogP contribution in [0.1, 0.15) is 5.69 Å². The number of aromatic nitrogens is 1. The molecule has 0 fully saturated rings. The number of ether oxygens (including phenoxy) is 1. The highest BCUT2D eigenvalue weighted by Gasteiger charge is 2.19. The topological polar surface area (TPSA) is 85.5 Å². The lowest BCUT2D eigenvalue weighted by atomic mass is 10.3. The predicted molar refractivity (Wildman–Crippen MR) is 80.8 cm³/mol. The van der Waals surface area contributed by atoms with Gasteiger partial charge in [0.05, 0.1) is 16.8 Å². The van der Waals surface area contributed by atoms with Gasteiger partial charge in [0.15, 0.2) is 5.75 Å². The van der Waals surface area contributed by atoms with Crippen molar-refractivity contribution in [2.45, 2.75) is 11.8 Å². The van der Waals surface area contributed by atoms with Gasteiger partial charge in [-0.2, -0.15) is 0 Å². The predicted octanol–water partition coefficient (Wildman–Crippen LogP) is 2.01. The van der Waals surface area contributed by atoms with E-state index in [2.05, 4.69) is 4.98 Å². The first-order chi connectivity index (χ1) is 9.80. The number of nitrogens with zero attached hydrogens (tertiary/aromatic N) is 2. The molecule has 0 saturated heterocycles. The van der Waals surface area contributed by atoms with Crippen molar-refractivity contribution in [1.82, 2.24) is 9.29 Å². The van der Waals surface area contributed by atoms with Crippen LogP contribution < -0.4 is 10.5 Å². The van der Waals surface area contributed by atoms with Crippen LogP contribution >= 0.6 is 0 Å². The zero-order valence-electron chi connectivity index (χ0n) is 12.1. The van der Waals surface area contributed by atoms with E-state index >= 15 is 0 Å². The van der Waals surface area contributed by atoms with Gasteiger partial charge in [-0.1, -0.05) is 0 Å². The van der Waals surface area contributed by atoms with Crippen molar-refractivity contribution < 1.29 is 13.2 Å². The Morgan fingerprint density at radius 3 is 2.48 bits per heavy atom. The summed E-state index contributed by atoms with van der Waals surface area (Å²) in [6, 6.07) is 7.91. The van der Waals surface area contributed by atoms with Gasteiger partial charge in [0.2, 0.25) is 10.0 Å². The Labute approximate surface area is 124 Å². The molecule has 2 rings (SSSR count). The van der Waals surface area contributed by atoms with E-state index in [-0.39, 0.29) is 10.6 Å². The Bertz CT molecular complexity index is 741. The Balaban J connectivity index is 2.38. The zero-order valence-corrected chi connectivity index (χ0v) is 12.9. The first-order valence-corrected chi connectivity index (χ1v) is 7.67. The molecule has 2 N–H and O–H groups in total. The van der Waals surface area contributed by atoms with Gasteiger partial charge in [0.1, 0.15) is 5.75 Å². The van der Waals surface area contributed by atoms with E-state index in [1.165, 1.54) is 32.3 Å². The normalized spacial score (nSPS) is 11.6. The maximum Gasteiger partial charge on any atom is 0.242 e. The van der Waals surface area contributed by atoms with Gasteiger partial charge in [-0.05, 0) is 31.2 Å². The average Bonchev–Trinajstić information content (AvgIpc) is 2.43. The number of nitrogen functional groups attached to an aromatic ring is 1. The Morgan fingerprint density at radius 2 is 1.90 bits per heavy atom. The molecule has 0 aliphatic carbocycles. The second-order valence-electron chi connectivity index (χ2n) is 4.72. The lowest BCUT2D eigenvalue weighted by Crippen LogP contribution is -2.22. The molecule has 21 heavy (non-hydrogen) atoms. The Hall–Kier alpha value is -2.12. The second-order valence-corrected chi connectivity index (χ2v) is 6.88. The fourth-order valence-corrected chi connectivity index (χ4v) is 2.53. The fourth-order valence-electron chi connectivity index (χ4n) is 1.62. The maximum atomic E-state index is 12.1. The molecule has 0 aliphatic rings. The van der Waals surface area contributed by atoms with Gasteiger partial charge in [-0.25, -0.2) is 12.7 Å².